The van der Waals surface area contributed by atoms with Crippen molar-refractivity contribution in [2.24, 2.45) is 0 Å². The molecule has 1 N–H and O–H groups in total. The van der Waals surface area contributed by atoms with Gasteiger partial charge in [-0.3, -0.25) is 14.5 Å². The van der Waals surface area contributed by atoms with E-state index < -0.39 is 0 Å². The van der Waals surface area contributed by atoms with Crippen molar-refractivity contribution in [1.82, 2.24) is 19.6 Å². The van der Waals surface area contributed by atoms with Crippen LogP contribution < -0.4 is 5.32 Å². The van der Waals surface area contributed by atoms with Crippen LogP contribution in [0.1, 0.15) is 42.9 Å². The first-order valence-electron chi connectivity index (χ1n) is 11.0. The monoisotopic (exact) mass is 409 g/mol. The number of piperazine rings is 1. The number of nitrogens with one attached hydrogen (secondary N) is 1. The first-order chi connectivity index (χ1) is 14.6. The van der Waals surface area contributed by atoms with Crippen LogP contribution in [0.25, 0.3) is 0 Å². The van der Waals surface area contributed by atoms with Crippen molar-refractivity contribution in [2.45, 2.75) is 45.1 Å². The SMILES string of the molecule is Cc1ccccc1CC(=O)N1CCN(CC(=O)Nc2ccnn2C2CCCC2)CC1. The van der Waals surface area contributed by atoms with E-state index in [9.17, 15) is 9.59 Å². The first kappa shape index (κ1) is 20.6. The van der Waals surface area contributed by atoms with Gasteiger partial charge in [0, 0.05) is 32.2 Å². The van der Waals surface area contributed by atoms with Gasteiger partial charge in [-0.05, 0) is 30.9 Å². The minimum Gasteiger partial charge on any atom is -0.340 e. The largest absolute Gasteiger partial charge is 0.340 e. The maximum absolute atomic E-state index is 12.6. The number of amides is 2. The highest BCUT2D eigenvalue weighted by Crippen LogP contribution is 2.31. The van der Waals surface area contributed by atoms with Crippen LogP contribution in [0.3, 0.4) is 0 Å². The normalized spacial score (nSPS) is 18.0. The van der Waals surface area contributed by atoms with Crippen LogP contribution in [0, 0.1) is 6.92 Å². The van der Waals surface area contributed by atoms with E-state index in [4.69, 9.17) is 0 Å². The molecule has 1 saturated heterocycles. The Morgan fingerprint density at radius 3 is 2.53 bits per heavy atom. The van der Waals surface area contributed by atoms with Crippen molar-refractivity contribution in [3.8, 4) is 0 Å². The summed E-state index contributed by atoms with van der Waals surface area (Å²) in [6.07, 6.45) is 6.91. The third-order valence-electron chi connectivity index (χ3n) is 6.30. The van der Waals surface area contributed by atoms with E-state index in [0.717, 1.165) is 42.9 Å². The van der Waals surface area contributed by atoms with Gasteiger partial charge < -0.3 is 10.2 Å². The summed E-state index contributed by atoms with van der Waals surface area (Å²) in [5.74, 6) is 0.933. The average molecular weight is 410 g/mol. The smallest absolute Gasteiger partial charge is 0.239 e. The van der Waals surface area contributed by atoms with Crippen molar-refractivity contribution >= 4 is 17.6 Å². The molecule has 7 heteroatoms. The number of rotatable bonds is 6. The van der Waals surface area contributed by atoms with Crippen LogP contribution >= 0.6 is 0 Å². The second-order valence-electron chi connectivity index (χ2n) is 8.41. The highest BCUT2D eigenvalue weighted by atomic mass is 16.2. The van der Waals surface area contributed by atoms with Crippen molar-refractivity contribution in [2.75, 3.05) is 38.0 Å². The fraction of sp³-hybridized carbons (Fsp3) is 0.522. The van der Waals surface area contributed by atoms with Gasteiger partial charge in [-0.1, -0.05) is 37.1 Å². The van der Waals surface area contributed by atoms with Gasteiger partial charge in [0.15, 0.2) is 0 Å². The van der Waals surface area contributed by atoms with E-state index in [2.05, 4.69) is 15.3 Å². The fourth-order valence-corrected chi connectivity index (χ4v) is 4.48. The van der Waals surface area contributed by atoms with E-state index >= 15 is 0 Å². The third kappa shape index (κ3) is 4.90. The summed E-state index contributed by atoms with van der Waals surface area (Å²) in [5.41, 5.74) is 2.24. The molecular formula is C23H31N5O2. The summed E-state index contributed by atoms with van der Waals surface area (Å²) in [7, 11) is 0. The summed E-state index contributed by atoms with van der Waals surface area (Å²) in [6.45, 7) is 5.15. The molecule has 0 atom stereocenters. The Bertz CT molecular complexity index is 879. The Labute approximate surface area is 178 Å². The molecule has 0 bridgehead atoms. The van der Waals surface area contributed by atoms with Gasteiger partial charge in [0.2, 0.25) is 11.8 Å². The quantitative estimate of drug-likeness (QED) is 0.796. The number of carbonyl (C=O) groups is 2. The van der Waals surface area contributed by atoms with Crippen LogP contribution in [0.5, 0.6) is 0 Å². The third-order valence-corrected chi connectivity index (χ3v) is 6.30. The Morgan fingerprint density at radius 2 is 1.80 bits per heavy atom. The van der Waals surface area contributed by atoms with E-state index in [0.29, 0.717) is 32.1 Å². The molecule has 2 amide bonds. The predicted octanol–water partition coefficient (Wildman–Crippen LogP) is 2.63. The van der Waals surface area contributed by atoms with Crippen LogP contribution in [-0.4, -0.2) is 64.1 Å². The molecule has 0 spiro atoms. The number of aryl methyl sites for hydroxylation is 1. The molecule has 1 aromatic heterocycles. The minimum absolute atomic E-state index is 0.0190. The lowest BCUT2D eigenvalue weighted by Crippen LogP contribution is -2.50. The lowest BCUT2D eigenvalue weighted by molar-refractivity contribution is -0.132. The highest BCUT2D eigenvalue weighted by Gasteiger charge is 2.24. The average Bonchev–Trinajstić information content (AvgIpc) is 3.42. The van der Waals surface area contributed by atoms with Gasteiger partial charge in [0.1, 0.15) is 5.82 Å². The van der Waals surface area contributed by atoms with Gasteiger partial charge in [-0.15, -0.1) is 0 Å². The molecule has 7 nitrogen and oxygen atoms in total. The van der Waals surface area contributed by atoms with Crippen LogP contribution in [0.15, 0.2) is 36.5 Å². The van der Waals surface area contributed by atoms with E-state index in [1.165, 1.54) is 12.8 Å². The molecule has 30 heavy (non-hydrogen) atoms. The second kappa shape index (κ2) is 9.43. The first-order valence-corrected chi connectivity index (χ1v) is 11.0. The standard InChI is InChI=1S/C23H31N5O2/c1-18-6-2-3-7-19(18)16-23(30)27-14-12-26(13-15-27)17-22(29)25-21-10-11-24-28(21)20-8-4-5-9-20/h2-3,6-7,10-11,20H,4-5,8-9,12-17H2,1H3,(H,25,29). The van der Waals surface area contributed by atoms with Crippen molar-refractivity contribution in [1.29, 1.82) is 0 Å². The molecule has 0 unspecified atom stereocenters. The summed E-state index contributed by atoms with van der Waals surface area (Å²) in [5, 5.41) is 7.44. The van der Waals surface area contributed by atoms with Gasteiger partial charge in [0.05, 0.1) is 25.2 Å². The summed E-state index contributed by atoms with van der Waals surface area (Å²) in [6, 6.07) is 10.3. The molecule has 4 rings (SSSR count). The molecule has 2 heterocycles. The summed E-state index contributed by atoms with van der Waals surface area (Å²) in [4.78, 5) is 29.2. The Morgan fingerprint density at radius 1 is 1.07 bits per heavy atom. The zero-order valence-electron chi connectivity index (χ0n) is 17.7. The van der Waals surface area contributed by atoms with Gasteiger partial charge in [0.25, 0.3) is 0 Å². The molecule has 1 saturated carbocycles. The molecule has 0 radical (unpaired) electrons. The molecule has 2 fully saturated rings. The zero-order valence-corrected chi connectivity index (χ0v) is 17.7. The van der Waals surface area contributed by atoms with Gasteiger partial charge in [-0.2, -0.15) is 5.10 Å². The molecule has 1 aliphatic carbocycles. The maximum atomic E-state index is 12.6. The van der Waals surface area contributed by atoms with Crippen molar-refractivity contribution < 1.29 is 9.59 Å². The van der Waals surface area contributed by atoms with Crippen LogP contribution in [0.2, 0.25) is 0 Å². The number of hydrogen-bond donors (Lipinski definition) is 1. The number of nitrogens with zero attached hydrogens (tertiary/aromatic N) is 4. The molecular weight excluding hydrogens is 378 g/mol. The second-order valence-corrected chi connectivity index (χ2v) is 8.41. The maximum Gasteiger partial charge on any atom is 0.239 e. The van der Waals surface area contributed by atoms with Gasteiger partial charge >= 0.3 is 0 Å². The Balaban J connectivity index is 1.24. The van der Waals surface area contributed by atoms with Crippen molar-refractivity contribution in [3.63, 3.8) is 0 Å². The highest BCUT2D eigenvalue weighted by molar-refractivity contribution is 5.91. The number of hydrogen-bond acceptors (Lipinski definition) is 4. The van der Waals surface area contributed by atoms with E-state index in [-0.39, 0.29) is 11.8 Å². The lowest BCUT2D eigenvalue weighted by Gasteiger charge is -2.34. The predicted molar refractivity (Wildman–Crippen MR) is 116 cm³/mol. The van der Waals surface area contributed by atoms with Crippen molar-refractivity contribution in [3.05, 3.63) is 47.7 Å². The van der Waals surface area contributed by atoms with Gasteiger partial charge in [-0.25, -0.2) is 4.68 Å². The Kier molecular flexibility index (Phi) is 6.47. The van der Waals surface area contributed by atoms with Crippen LogP contribution in [-0.2, 0) is 16.0 Å². The van der Waals surface area contributed by atoms with E-state index in [1.807, 2.05) is 46.8 Å². The number of benzene rings is 1. The van der Waals surface area contributed by atoms with Crippen LogP contribution in [0.4, 0.5) is 5.82 Å². The number of carbonyl (C=O) groups excluding carboxylic acids is 2. The number of anilines is 1. The Hall–Kier alpha value is -2.67. The number of aromatic nitrogens is 2. The molecule has 1 aliphatic heterocycles. The molecule has 2 aromatic rings. The molecule has 160 valence electrons. The topological polar surface area (TPSA) is 70.5 Å². The molecule has 1 aromatic carbocycles. The summed E-state index contributed by atoms with van der Waals surface area (Å²) >= 11 is 0. The minimum atomic E-state index is -0.0190. The molecule has 2 aliphatic rings. The lowest BCUT2D eigenvalue weighted by atomic mass is 10.1. The zero-order chi connectivity index (χ0) is 20.9. The fourth-order valence-electron chi connectivity index (χ4n) is 4.48. The summed E-state index contributed by atoms with van der Waals surface area (Å²) < 4.78 is 1.97. The van der Waals surface area contributed by atoms with E-state index in [1.54, 1.807) is 6.20 Å².